The van der Waals surface area contributed by atoms with Crippen molar-refractivity contribution >= 4 is 16.7 Å². The molecule has 0 aliphatic rings. The van der Waals surface area contributed by atoms with Gasteiger partial charge in [-0.3, -0.25) is 9.59 Å². The highest BCUT2D eigenvalue weighted by atomic mass is 16.2. The van der Waals surface area contributed by atoms with Crippen LogP contribution < -0.4 is 5.56 Å². The molecular formula is C14H17N3O2. The molecule has 1 heterocycles. The smallest absolute Gasteiger partial charge is 0.274 e. The summed E-state index contributed by atoms with van der Waals surface area (Å²) in [5, 5.41) is 7.38. The summed E-state index contributed by atoms with van der Waals surface area (Å²) in [6, 6.07) is 7.01. The van der Waals surface area contributed by atoms with E-state index in [0.717, 1.165) is 12.8 Å². The number of amides is 1. The van der Waals surface area contributed by atoms with E-state index in [4.69, 9.17) is 0 Å². The van der Waals surface area contributed by atoms with Gasteiger partial charge < -0.3 is 4.90 Å². The number of aromatic nitrogens is 2. The molecule has 1 aromatic heterocycles. The molecule has 0 fully saturated rings. The second-order valence-electron chi connectivity index (χ2n) is 4.53. The minimum Gasteiger partial charge on any atom is -0.340 e. The maximum absolute atomic E-state index is 12.3. The van der Waals surface area contributed by atoms with Gasteiger partial charge >= 0.3 is 0 Å². The first-order chi connectivity index (χ1) is 9.15. The highest BCUT2D eigenvalue weighted by Crippen LogP contribution is 2.14. The summed E-state index contributed by atoms with van der Waals surface area (Å²) in [5.74, 6) is -0.166. The van der Waals surface area contributed by atoms with Crippen LogP contribution in [0, 0.1) is 0 Å². The molecule has 0 radical (unpaired) electrons. The van der Waals surface area contributed by atoms with Gasteiger partial charge in [-0.15, -0.1) is 0 Å². The number of fused-ring (bicyclic) bond motifs is 1. The quantitative estimate of drug-likeness (QED) is 0.910. The fourth-order valence-electron chi connectivity index (χ4n) is 1.96. The summed E-state index contributed by atoms with van der Waals surface area (Å²) in [5.41, 5.74) is 0.0252. The van der Waals surface area contributed by atoms with E-state index < -0.39 is 0 Å². The molecule has 5 nitrogen and oxygen atoms in total. The Morgan fingerprint density at radius 2 is 2.00 bits per heavy atom. The average Bonchev–Trinajstić information content (AvgIpc) is 2.45. The molecule has 1 N–H and O–H groups in total. The van der Waals surface area contributed by atoms with Crippen LogP contribution in [0.1, 0.15) is 30.3 Å². The number of hydrogen-bond acceptors (Lipinski definition) is 3. The third kappa shape index (κ3) is 2.65. The van der Waals surface area contributed by atoms with E-state index in [1.54, 1.807) is 36.2 Å². The first kappa shape index (κ1) is 13.3. The lowest BCUT2D eigenvalue weighted by molar-refractivity contribution is 0.0788. The number of nitrogens with one attached hydrogen (secondary N) is 1. The molecular weight excluding hydrogens is 242 g/mol. The zero-order valence-corrected chi connectivity index (χ0v) is 11.1. The van der Waals surface area contributed by atoms with Crippen LogP contribution in [0.2, 0.25) is 0 Å². The molecule has 5 heteroatoms. The predicted octanol–water partition coefficient (Wildman–Crippen LogP) is 1.80. The van der Waals surface area contributed by atoms with Gasteiger partial charge in [-0.2, -0.15) is 5.10 Å². The van der Waals surface area contributed by atoms with Crippen LogP contribution in [0.5, 0.6) is 0 Å². The molecule has 0 atom stereocenters. The molecule has 19 heavy (non-hydrogen) atoms. The third-order valence-electron chi connectivity index (χ3n) is 3.09. The molecule has 0 unspecified atom stereocenters. The average molecular weight is 259 g/mol. The molecule has 2 aromatic rings. The Kier molecular flexibility index (Phi) is 3.94. The molecule has 1 aromatic carbocycles. The molecule has 0 aliphatic heterocycles. The van der Waals surface area contributed by atoms with Crippen molar-refractivity contribution in [1.29, 1.82) is 0 Å². The largest absolute Gasteiger partial charge is 0.340 e. The Morgan fingerprint density at radius 3 is 2.68 bits per heavy atom. The predicted molar refractivity (Wildman–Crippen MR) is 74.2 cm³/mol. The number of carbonyl (C=O) groups excluding carboxylic acids is 1. The summed E-state index contributed by atoms with van der Waals surface area (Å²) in [6.45, 7) is 2.76. The maximum atomic E-state index is 12.3. The van der Waals surface area contributed by atoms with Crippen molar-refractivity contribution in [2.45, 2.75) is 19.8 Å². The zero-order chi connectivity index (χ0) is 13.8. The standard InChI is InChI=1S/C14H17N3O2/c1-3-4-9-17(2)14(19)12-10-7-5-6-8-11(10)13(18)16-15-12/h5-8H,3-4,9H2,1-2H3,(H,16,18). The molecule has 0 aliphatic carbocycles. The first-order valence-corrected chi connectivity index (χ1v) is 6.38. The second kappa shape index (κ2) is 5.65. The molecule has 100 valence electrons. The van der Waals surface area contributed by atoms with Crippen molar-refractivity contribution in [3.63, 3.8) is 0 Å². The van der Waals surface area contributed by atoms with Crippen molar-refractivity contribution in [2.75, 3.05) is 13.6 Å². The Labute approximate surface area is 111 Å². The van der Waals surface area contributed by atoms with Gasteiger partial charge in [0.15, 0.2) is 5.69 Å². The molecule has 0 saturated heterocycles. The summed E-state index contributed by atoms with van der Waals surface area (Å²) >= 11 is 0. The Bertz CT molecular complexity index is 648. The zero-order valence-electron chi connectivity index (χ0n) is 11.1. The fraction of sp³-hybridized carbons (Fsp3) is 0.357. The van der Waals surface area contributed by atoms with Crippen molar-refractivity contribution in [1.82, 2.24) is 15.1 Å². The number of aromatic amines is 1. The van der Waals surface area contributed by atoms with Crippen molar-refractivity contribution < 1.29 is 4.79 Å². The third-order valence-corrected chi connectivity index (χ3v) is 3.09. The summed E-state index contributed by atoms with van der Waals surface area (Å²) in [7, 11) is 1.75. The Balaban J connectivity index is 2.43. The molecule has 0 bridgehead atoms. The number of carbonyl (C=O) groups is 1. The van der Waals surface area contributed by atoms with Crippen molar-refractivity contribution in [3.05, 3.63) is 40.3 Å². The SMILES string of the molecule is CCCCN(C)C(=O)c1n[nH]c(=O)c2ccccc12. The Morgan fingerprint density at radius 1 is 1.32 bits per heavy atom. The van der Waals surface area contributed by atoms with Crippen molar-refractivity contribution in [3.8, 4) is 0 Å². The van der Waals surface area contributed by atoms with E-state index >= 15 is 0 Å². The van der Waals surface area contributed by atoms with E-state index in [9.17, 15) is 9.59 Å². The monoisotopic (exact) mass is 259 g/mol. The van der Waals surface area contributed by atoms with Crippen LogP contribution in [0.4, 0.5) is 0 Å². The fourth-order valence-corrected chi connectivity index (χ4v) is 1.96. The van der Waals surface area contributed by atoms with Crippen LogP contribution in [0.3, 0.4) is 0 Å². The number of nitrogens with zero attached hydrogens (tertiary/aromatic N) is 2. The minimum absolute atomic E-state index is 0.166. The van der Waals surface area contributed by atoms with Gasteiger partial charge in [0.25, 0.3) is 11.5 Å². The number of benzene rings is 1. The van der Waals surface area contributed by atoms with Gasteiger partial charge in [-0.1, -0.05) is 31.5 Å². The lowest BCUT2D eigenvalue weighted by Gasteiger charge is -2.16. The number of unbranched alkanes of at least 4 members (excludes halogenated alkanes) is 1. The van der Waals surface area contributed by atoms with Gasteiger partial charge in [-0.05, 0) is 12.5 Å². The van der Waals surface area contributed by atoms with Gasteiger partial charge in [0.05, 0.1) is 5.39 Å². The lowest BCUT2D eigenvalue weighted by atomic mass is 10.1. The Hall–Kier alpha value is -2.17. The van der Waals surface area contributed by atoms with Gasteiger partial charge in [-0.25, -0.2) is 5.10 Å². The highest BCUT2D eigenvalue weighted by molar-refractivity contribution is 6.04. The van der Waals surface area contributed by atoms with Crippen LogP contribution in [0.15, 0.2) is 29.1 Å². The number of H-pyrrole nitrogens is 1. The number of rotatable bonds is 4. The summed E-state index contributed by atoms with van der Waals surface area (Å²) in [6.07, 6.45) is 1.97. The van der Waals surface area contributed by atoms with Crippen molar-refractivity contribution in [2.24, 2.45) is 0 Å². The van der Waals surface area contributed by atoms with Crippen LogP contribution in [-0.2, 0) is 0 Å². The summed E-state index contributed by atoms with van der Waals surface area (Å²) in [4.78, 5) is 25.6. The molecule has 0 saturated carbocycles. The van der Waals surface area contributed by atoms with E-state index in [1.807, 2.05) is 0 Å². The summed E-state index contributed by atoms with van der Waals surface area (Å²) < 4.78 is 0. The van der Waals surface area contributed by atoms with E-state index in [1.165, 1.54) is 0 Å². The van der Waals surface area contributed by atoms with E-state index in [-0.39, 0.29) is 11.5 Å². The topological polar surface area (TPSA) is 66.1 Å². The normalized spacial score (nSPS) is 10.6. The highest BCUT2D eigenvalue weighted by Gasteiger charge is 2.17. The lowest BCUT2D eigenvalue weighted by Crippen LogP contribution is -2.29. The van der Waals surface area contributed by atoms with Gasteiger partial charge in [0, 0.05) is 19.0 Å². The van der Waals surface area contributed by atoms with Gasteiger partial charge in [0.2, 0.25) is 0 Å². The molecule has 2 rings (SSSR count). The van der Waals surface area contributed by atoms with Crippen LogP contribution in [-0.4, -0.2) is 34.6 Å². The van der Waals surface area contributed by atoms with Gasteiger partial charge in [0.1, 0.15) is 0 Å². The van der Waals surface area contributed by atoms with E-state index in [0.29, 0.717) is 23.0 Å². The maximum Gasteiger partial charge on any atom is 0.274 e. The molecule has 0 spiro atoms. The minimum atomic E-state index is -0.275. The first-order valence-electron chi connectivity index (χ1n) is 6.38. The molecule has 1 amide bonds. The van der Waals surface area contributed by atoms with Crippen LogP contribution >= 0.6 is 0 Å². The van der Waals surface area contributed by atoms with E-state index in [2.05, 4.69) is 17.1 Å². The van der Waals surface area contributed by atoms with Crippen LogP contribution in [0.25, 0.3) is 10.8 Å². The second-order valence-corrected chi connectivity index (χ2v) is 4.53. The number of hydrogen-bond donors (Lipinski definition) is 1.